The summed E-state index contributed by atoms with van der Waals surface area (Å²) < 4.78 is 16.3. The molecule has 0 unspecified atom stereocenters. The molecule has 0 spiro atoms. The molecule has 4 heteroatoms. The molecule has 0 heterocycles. The van der Waals surface area contributed by atoms with Crippen molar-refractivity contribution in [2.75, 3.05) is 26.1 Å². The molecule has 4 nitrogen and oxygen atoms in total. The number of para-hydroxylation sites is 1. The maximum absolute atomic E-state index is 5.66. The van der Waals surface area contributed by atoms with E-state index in [1.54, 1.807) is 20.3 Å². The highest BCUT2D eigenvalue weighted by Gasteiger charge is 2.07. The van der Waals surface area contributed by atoms with Crippen molar-refractivity contribution in [2.45, 2.75) is 6.54 Å². The van der Waals surface area contributed by atoms with Gasteiger partial charge in [-0.05, 0) is 18.2 Å². The number of nitrogens with one attached hydrogen (secondary N) is 1. The van der Waals surface area contributed by atoms with Crippen molar-refractivity contribution < 1.29 is 14.2 Å². The van der Waals surface area contributed by atoms with Crippen LogP contribution in [0.25, 0.3) is 0 Å². The summed E-state index contributed by atoms with van der Waals surface area (Å²) in [6, 6.07) is 13.6. The zero-order valence-corrected chi connectivity index (χ0v) is 13.0. The molecule has 0 bridgehead atoms. The SMILES string of the molecule is C=CCOc1ccccc1CNc1cc(OC)ccc1OC. The molecule has 2 aromatic rings. The molecule has 1 N–H and O–H groups in total. The van der Waals surface area contributed by atoms with Gasteiger partial charge in [0.15, 0.2) is 0 Å². The van der Waals surface area contributed by atoms with Gasteiger partial charge < -0.3 is 19.5 Å². The summed E-state index contributed by atoms with van der Waals surface area (Å²) in [6.45, 7) is 4.78. The Morgan fingerprint density at radius 1 is 1.05 bits per heavy atom. The third-order valence-electron chi connectivity index (χ3n) is 3.21. The molecule has 0 fully saturated rings. The summed E-state index contributed by atoms with van der Waals surface area (Å²) >= 11 is 0. The van der Waals surface area contributed by atoms with Gasteiger partial charge in [-0.1, -0.05) is 30.9 Å². The number of hydrogen-bond donors (Lipinski definition) is 1. The zero-order chi connectivity index (χ0) is 15.8. The van der Waals surface area contributed by atoms with Crippen molar-refractivity contribution in [3.8, 4) is 17.2 Å². The quantitative estimate of drug-likeness (QED) is 0.751. The van der Waals surface area contributed by atoms with E-state index in [9.17, 15) is 0 Å². The highest BCUT2D eigenvalue weighted by Crippen LogP contribution is 2.30. The Kier molecular flexibility index (Phi) is 5.72. The van der Waals surface area contributed by atoms with E-state index < -0.39 is 0 Å². The van der Waals surface area contributed by atoms with Crippen LogP contribution in [0.1, 0.15) is 5.56 Å². The first kappa shape index (κ1) is 15.8. The highest BCUT2D eigenvalue weighted by molar-refractivity contribution is 5.60. The maximum Gasteiger partial charge on any atom is 0.142 e. The molecular weight excluding hydrogens is 278 g/mol. The number of anilines is 1. The maximum atomic E-state index is 5.66. The Morgan fingerprint density at radius 3 is 2.59 bits per heavy atom. The number of hydrogen-bond acceptors (Lipinski definition) is 4. The Balaban J connectivity index is 2.14. The fraction of sp³-hybridized carbons (Fsp3) is 0.222. The van der Waals surface area contributed by atoms with Gasteiger partial charge in [0.1, 0.15) is 23.9 Å². The number of benzene rings is 2. The topological polar surface area (TPSA) is 39.7 Å². The van der Waals surface area contributed by atoms with Crippen molar-refractivity contribution in [2.24, 2.45) is 0 Å². The second kappa shape index (κ2) is 7.98. The van der Waals surface area contributed by atoms with Gasteiger partial charge in [0.2, 0.25) is 0 Å². The molecular formula is C18H21NO3. The molecule has 22 heavy (non-hydrogen) atoms. The van der Waals surface area contributed by atoms with Crippen molar-refractivity contribution in [1.82, 2.24) is 0 Å². The normalized spacial score (nSPS) is 9.91. The van der Waals surface area contributed by atoms with Crippen LogP contribution in [0.5, 0.6) is 17.2 Å². The first-order valence-electron chi connectivity index (χ1n) is 7.06. The van der Waals surface area contributed by atoms with E-state index in [0.717, 1.165) is 28.5 Å². The minimum Gasteiger partial charge on any atom is -0.497 e. The van der Waals surface area contributed by atoms with E-state index in [-0.39, 0.29) is 0 Å². The van der Waals surface area contributed by atoms with Crippen LogP contribution < -0.4 is 19.5 Å². The first-order valence-corrected chi connectivity index (χ1v) is 7.06. The molecule has 0 atom stereocenters. The van der Waals surface area contributed by atoms with Gasteiger partial charge in [0.05, 0.1) is 19.9 Å². The Morgan fingerprint density at radius 2 is 1.86 bits per heavy atom. The van der Waals surface area contributed by atoms with Gasteiger partial charge >= 0.3 is 0 Å². The highest BCUT2D eigenvalue weighted by atomic mass is 16.5. The van der Waals surface area contributed by atoms with Crippen LogP contribution in [-0.2, 0) is 6.54 Å². The summed E-state index contributed by atoms with van der Waals surface area (Å²) in [5.41, 5.74) is 1.94. The van der Waals surface area contributed by atoms with Gasteiger partial charge in [-0.3, -0.25) is 0 Å². The Labute approximate surface area is 131 Å². The van der Waals surface area contributed by atoms with Crippen molar-refractivity contribution in [1.29, 1.82) is 0 Å². The fourth-order valence-electron chi connectivity index (χ4n) is 2.08. The number of methoxy groups -OCH3 is 2. The van der Waals surface area contributed by atoms with E-state index in [1.807, 2.05) is 42.5 Å². The monoisotopic (exact) mass is 299 g/mol. The van der Waals surface area contributed by atoms with Crippen LogP contribution in [-0.4, -0.2) is 20.8 Å². The average Bonchev–Trinajstić information content (AvgIpc) is 2.58. The standard InChI is InChI=1S/C18H21NO3/c1-4-11-22-17-8-6-5-7-14(17)13-19-16-12-15(20-2)9-10-18(16)21-3/h4-10,12,19H,1,11,13H2,2-3H3. The summed E-state index contributed by atoms with van der Waals surface area (Å²) in [7, 11) is 3.29. The van der Waals surface area contributed by atoms with E-state index in [1.165, 1.54) is 0 Å². The minimum atomic E-state index is 0.486. The van der Waals surface area contributed by atoms with Crippen LogP contribution in [0, 0.1) is 0 Å². The molecule has 2 aromatic carbocycles. The molecule has 0 radical (unpaired) electrons. The third-order valence-corrected chi connectivity index (χ3v) is 3.21. The minimum absolute atomic E-state index is 0.486. The fourth-order valence-corrected chi connectivity index (χ4v) is 2.08. The van der Waals surface area contributed by atoms with Crippen molar-refractivity contribution in [3.05, 3.63) is 60.7 Å². The van der Waals surface area contributed by atoms with Gasteiger partial charge in [0.25, 0.3) is 0 Å². The molecule has 0 aliphatic carbocycles. The predicted octanol–water partition coefficient (Wildman–Crippen LogP) is 3.88. The summed E-state index contributed by atoms with van der Waals surface area (Å²) in [5.74, 6) is 2.39. The lowest BCUT2D eigenvalue weighted by atomic mass is 10.2. The van der Waals surface area contributed by atoms with Crippen LogP contribution >= 0.6 is 0 Å². The smallest absolute Gasteiger partial charge is 0.142 e. The lowest BCUT2D eigenvalue weighted by Crippen LogP contribution is -2.04. The van der Waals surface area contributed by atoms with Gasteiger partial charge in [-0.15, -0.1) is 0 Å². The molecule has 0 aliphatic rings. The zero-order valence-electron chi connectivity index (χ0n) is 13.0. The third kappa shape index (κ3) is 3.95. The lowest BCUT2D eigenvalue weighted by Gasteiger charge is -2.14. The average molecular weight is 299 g/mol. The molecule has 0 aliphatic heterocycles. The molecule has 0 amide bonds. The van der Waals surface area contributed by atoms with Crippen LogP contribution in [0.2, 0.25) is 0 Å². The van der Waals surface area contributed by atoms with Crippen LogP contribution in [0.15, 0.2) is 55.1 Å². The second-order valence-electron chi connectivity index (χ2n) is 4.63. The van der Waals surface area contributed by atoms with E-state index in [2.05, 4.69) is 11.9 Å². The molecule has 2 rings (SSSR count). The van der Waals surface area contributed by atoms with Gasteiger partial charge in [-0.2, -0.15) is 0 Å². The molecule has 0 saturated heterocycles. The number of rotatable bonds is 8. The van der Waals surface area contributed by atoms with E-state index in [4.69, 9.17) is 14.2 Å². The Hall–Kier alpha value is -2.62. The molecule has 116 valence electrons. The van der Waals surface area contributed by atoms with Crippen LogP contribution in [0.3, 0.4) is 0 Å². The molecule has 0 saturated carbocycles. The Bertz CT molecular complexity index is 625. The first-order chi connectivity index (χ1) is 10.8. The van der Waals surface area contributed by atoms with Gasteiger partial charge in [0, 0.05) is 18.2 Å². The molecule has 0 aromatic heterocycles. The van der Waals surface area contributed by atoms with Crippen molar-refractivity contribution >= 4 is 5.69 Å². The van der Waals surface area contributed by atoms with Crippen LogP contribution in [0.4, 0.5) is 5.69 Å². The van der Waals surface area contributed by atoms with E-state index >= 15 is 0 Å². The lowest BCUT2D eigenvalue weighted by molar-refractivity contribution is 0.359. The number of ether oxygens (including phenoxy) is 3. The second-order valence-corrected chi connectivity index (χ2v) is 4.63. The van der Waals surface area contributed by atoms with Crippen molar-refractivity contribution in [3.63, 3.8) is 0 Å². The summed E-state index contributed by atoms with van der Waals surface area (Å²) in [6.07, 6.45) is 1.73. The summed E-state index contributed by atoms with van der Waals surface area (Å²) in [5, 5.41) is 3.36. The van der Waals surface area contributed by atoms with E-state index in [0.29, 0.717) is 13.2 Å². The summed E-state index contributed by atoms with van der Waals surface area (Å²) in [4.78, 5) is 0. The van der Waals surface area contributed by atoms with Gasteiger partial charge in [-0.25, -0.2) is 0 Å². The predicted molar refractivity (Wildman–Crippen MR) is 89.0 cm³/mol. The largest absolute Gasteiger partial charge is 0.497 e.